The number of carbonyl (C=O) groups is 1. The van der Waals surface area contributed by atoms with Gasteiger partial charge in [-0.3, -0.25) is 9.36 Å². The average molecular weight is 370 g/mol. The topological polar surface area (TPSA) is 59.8 Å². The molecule has 1 heterocycles. The van der Waals surface area contributed by atoms with Crippen LogP contribution in [0.1, 0.15) is 29.5 Å². The summed E-state index contributed by atoms with van der Waals surface area (Å²) in [6.45, 7) is 2.26. The van der Waals surface area contributed by atoms with E-state index in [0.29, 0.717) is 5.82 Å². The second-order valence-corrected chi connectivity index (χ2v) is 6.64. The van der Waals surface area contributed by atoms with Gasteiger partial charge in [-0.05, 0) is 30.7 Å². The van der Waals surface area contributed by atoms with Gasteiger partial charge in [-0.2, -0.15) is 0 Å². The highest BCUT2D eigenvalue weighted by Gasteiger charge is 2.16. The molecule has 5 nitrogen and oxygen atoms in total. The average Bonchev–Trinajstić information content (AvgIpc) is 3.08. The molecule has 1 N–H and O–H groups in total. The van der Waals surface area contributed by atoms with Crippen molar-refractivity contribution < 1.29 is 9.18 Å². The fraction of sp³-hybridized carbons (Fsp3) is 0.211. The maximum absolute atomic E-state index is 13.8. The van der Waals surface area contributed by atoms with Gasteiger partial charge in [-0.15, -0.1) is 10.2 Å². The lowest BCUT2D eigenvalue weighted by molar-refractivity contribution is 0.0945. The molecule has 7 heteroatoms. The lowest BCUT2D eigenvalue weighted by Crippen LogP contribution is -2.25. The molecular formula is C19H19FN4OS. The van der Waals surface area contributed by atoms with Crippen LogP contribution in [-0.4, -0.2) is 26.4 Å². The van der Waals surface area contributed by atoms with Gasteiger partial charge < -0.3 is 5.32 Å². The summed E-state index contributed by atoms with van der Waals surface area (Å²) >= 11 is 1.61. The SMILES string of the molecule is CCCSc1nnc(CNC(=O)c2ccccc2F)n1-c1ccccc1. The van der Waals surface area contributed by atoms with Gasteiger partial charge in [-0.1, -0.05) is 49.0 Å². The lowest BCUT2D eigenvalue weighted by Gasteiger charge is -2.11. The van der Waals surface area contributed by atoms with Crippen molar-refractivity contribution in [3.63, 3.8) is 0 Å². The summed E-state index contributed by atoms with van der Waals surface area (Å²) in [4.78, 5) is 12.3. The number of hydrogen-bond donors (Lipinski definition) is 1. The Morgan fingerprint density at radius 2 is 1.85 bits per heavy atom. The van der Waals surface area contributed by atoms with Gasteiger partial charge in [0.05, 0.1) is 12.1 Å². The van der Waals surface area contributed by atoms with Gasteiger partial charge in [0.1, 0.15) is 5.82 Å². The third kappa shape index (κ3) is 4.11. The van der Waals surface area contributed by atoms with Crippen molar-refractivity contribution in [3.05, 3.63) is 71.8 Å². The molecule has 2 aromatic carbocycles. The molecule has 3 aromatic rings. The molecular weight excluding hydrogens is 351 g/mol. The summed E-state index contributed by atoms with van der Waals surface area (Å²) in [7, 11) is 0. The van der Waals surface area contributed by atoms with Crippen LogP contribution in [0.4, 0.5) is 4.39 Å². The summed E-state index contributed by atoms with van der Waals surface area (Å²) in [5, 5.41) is 12.0. The first-order valence-corrected chi connectivity index (χ1v) is 9.34. The molecule has 0 bridgehead atoms. The fourth-order valence-corrected chi connectivity index (χ4v) is 3.26. The Morgan fingerprint density at radius 3 is 2.58 bits per heavy atom. The number of halogens is 1. The number of para-hydroxylation sites is 1. The van der Waals surface area contributed by atoms with E-state index in [0.717, 1.165) is 23.0 Å². The highest BCUT2D eigenvalue weighted by Crippen LogP contribution is 2.22. The van der Waals surface area contributed by atoms with Crippen LogP contribution in [0.25, 0.3) is 5.69 Å². The van der Waals surface area contributed by atoms with E-state index in [9.17, 15) is 9.18 Å². The predicted molar refractivity (Wildman–Crippen MR) is 99.9 cm³/mol. The van der Waals surface area contributed by atoms with E-state index in [1.54, 1.807) is 23.9 Å². The zero-order valence-corrected chi connectivity index (χ0v) is 15.2. The molecule has 0 fully saturated rings. The third-order valence-corrected chi connectivity index (χ3v) is 4.81. The van der Waals surface area contributed by atoms with E-state index in [-0.39, 0.29) is 12.1 Å². The van der Waals surface area contributed by atoms with Crippen LogP contribution < -0.4 is 5.32 Å². The molecule has 0 unspecified atom stereocenters. The highest BCUT2D eigenvalue weighted by atomic mass is 32.2. The summed E-state index contributed by atoms with van der Waals surface area (Å²) in [6, 6.07) is 15.6. The number of amides is 1. The maximum atomic E-state index is 13.8. The first-order chi connectivity index (χ1) is 12.7. The highest BCUT2D eigenvalue weighted by molar-refractivity contribution is 7.99. The number of nitrogens with zero attached hydrogens (tertiary/aromatic N) is 3. The third-order valence-electron chi connectivity index (χ3n) is 3.68. The van der Waals surface area contributed by atoms with Gasteiger partial charge >= 0.3 is 0 Å². The van der Waals surface area contributed by atoms with Crippen LogP contribution >= 0.6 is 11.8 Å². The zero-order valence-electron chi connectivity index (χ0n) is 14.4. The quantitative estimate of drug-likeness (QED) is 0.642. The number of thioether (sulfide) groups is 1. The van der Waals surface area contributed by atoms with Gasteiger partial charge in [0.25, 0.3) is 5.91 Å². The van der Waals surface area contributed by atoms with Crippen molar-refractivity contribution in [1.82, 2.24) is 20.1 Å². The van der Waals surface area contributed by atoms with Crippen molar-refractivity contribution in [1.29, 1.82) is 0 Å². The number of hydrogen-bond acceptors (Lipinski definition) is 4. The Kier molecular flexibility index (Phi) is 6.01. The predicted octanol–water partition coefficient (Wildman–Crippen LogP) is 3.84. The van der Waals surface area contributed by atoms with Crippen LogP contribution in [0.5, 0.6) is 0 Å². The molecule has 0 spiro atoms. The number of benzene rings is 2. The summed E-state index contributed by atoms with van der Waals surface area (Å²) in [5.74, 6) is 0.494. The summed E-state index contributed by atoms with van der Waals surface area (Å²) in [6.07, 6.45) is 1.02. The molecule has 0 atom stereocenters. The van der Waals surface area contributed by atoms with E-state index < -0.39 is 11.7 Å². The number of nitrogens with one attached hydrogen (secondary N) is 1. The normalized spacial score (nSPS) is 10.7. The molecule has 0 aliphatic heterocycles. The lowest BCUT2D eigenvalue weighted by atomic mass is 10.2. The molecule has 0 saturated carbocycles. The first kappa shape index (κ1) is 18.1. The molecule has 0 saturated heterocycles. The Bertz CT molecular complexity index is 882. The van der Waals surface area contributed by atoms with Crippen molar-refractivity contribution in [2.24, 2.45) is 0 Å². The molecule has 1 amide bonds. The number of rotatable bonds is 7. The number of carbonyl (C=O) groups excluding carboxylic acids is 1. The van der Waals surface area contributed by atoms with Crippen molar-refractivity contribution in [3.8, 4) is 5.69 Å². The molecule has 0 aliphatic carbocycles. The minimum absolute atomic E-state index is 0.0128. The minimum Gasteiger partial charge on any atom is -0.345 e. The van der Waals surface area contributed by atoms with E-state index in [4.69, 9.17) is 0 Å². The van der Waals surface area contributed by atoms with Gasteiger partial charge in [0.2, 0.25) is 0 Å². The van der Waals surface area contributed by atoms with E-state index in [1.165, 1.54) is 12.1 Å². The fourth-order valence-electron chi connectivity index (χ4n) is 2.44. The van der Waals surface area contributed by atoms with Crippen molar-refractivity contribution in [2.45, 2.75) is 25.0 Å². The maximum Gasteiger partial charge on any atom is 0.254 e. The number of aromatic nitrogens is 3. The van der Waals surface area contributed by atoms with Gasteiger partial charge in [0, 0.05) is 11.4 Å². The van der Waals surface area contributed by atoms with E-state index in [2.05, 4.69) is 22.4 Å². The molecule has 3 rings (SSSR count). The van der Waals surface area contributed by atoms with Crippen LogP contribution in [0.3, 0.4) is 0 Å². The Balaban J connectivity index is 1.82. The van der Waals surface area contributed by atoms with E-state index in [1.807, 2.05) is 34.9 Å². The van der Waals surface area contributed by atoms with E-state index >= 15 is 0 Å². The van der Waals surface area contributed by atoms with Crippen LogP contribution in [-0.2, 0) is 6.54 Å². The Hall–Kier alpha value is -2.67. The smallest absolute Gasteiger partial charge is 0.254 e. The van der Waals surface area contributed by atoms with Crippen LogP contribution in [0.15, 0.2) is 59.8 Å². The summed E-state index contributed by atoms with van der Waals surface area (Å²) < 4.78 is 15.7. The van der Waals surface area contributed by atoms with Crippen molar-refractivity contribution in [2.75, 3.05) is 5.75 Å². The second-order valence-electron chi connectivity index (χ2n) is 5.58. The van der Waals surface area contributed by atoms with Crippen LogP contribution in [0, 0.1) is 5.82 Å². The second kappa shape index (κ2) is 8.62. The largest absolute Gasteiger partial charge is 0.345 e. The minimum atomic E-state index is -0.547. The molecule has 134 valence electrons. The van der Waals surface area contributed by atoms with Crippen LogP contribution in [0.2, 0.25) is 0 Å². The standard InChI is InChI=1S/C19H19FN4OS/c1-2-12-26-19-23-22-17(24(19)14-8-4-3-5-9-14)13-21-18(25)15-10-6-7-11-16(15)20/h3-11H,2,12-13H2,1H3,(H,21,25). The molecule has 0 radical (unpaired) electrons. The molecule has 26 heavy (non-hydrogen) atoms. The Morgan fingerprint density at radius 1 is 1.12 bits per heavy atom. The summed E-state index contributed by atoms with van der Waals surface area (Å²) in [5.41, 5.74) is 0.935. The zero-order chi connectivity index (χ0) is 18.4. The molecule has 1 aromatic heterocycles. The first-order valence-electron chi connectivity index (χ1n) is 8.36. The van der Waals surface area contributed by atoms with Gasteiger partial charge in [-0.25, -0.2) is 4.39 Å². The monoisotopic (exact) mass is 370 g/mol. The van der Waals surface area contributed by atoms with Crippen molar-refractivity contribution >= 4 is 17.7 Å². The molecule has 0 aliphatic rings. The van der Waals surface area contributed by atoms with Gasteiger partial charge in [0.15, 0.2) is 11.0 Å². The Labute approximate surface area is 155 Å².